The zero-order valence-corrected chi connectivity index (χ0v) is 10.9. The summed E-state index contributed by atoms with van der Waals surface area (Å²) in [7, 11) is 0. The van der Waals surface area contributed by atoms with Gasteiger partial charge in [0.05, 0.1) is 0 Å². The first-order chi connectivity index (χ1) is 9.61. The Labute approximate surface area is 114 Å². The highest BCUT2D eigenvalue weighted by atomic mass is 19.1. The molecule has 0 aliphatic rings. The second kappa shape index (κ2) is 4.85. The Hall–Kier alpha value is -2.56. The van der Waals surface area contributed by atoms with Gasteiger partial charge in [-0.1, -0.05) is 6.07 Å². The lowest BCUT2D eigenvalue weighted by Gasteiger charge is -2.07. The molecule has 0 bridgehead atoms. The molecule has 0 radical (unpaired) electrons. The Balaban J connectivity index is 1.77. The van der Waals surface area contributed by atoms with E-state index in [0.29, 0.717) is 12.4 Å². The predicted molar refractivity (Wildman–Crippen MR) is 74.1 cm³/mol. The molecule has 3 rings (SSSR count). The van der Waals surface area contributed by atoms with Crippen molar-refractivity contribution < 1.29 is 13.9 Å². The van der Waals surface area contributed by atoms with E-state index in [4.69, 9.17) is 9.52 Å². The first-order valence-corrected chi connectivity index (χ1v) is 6.20. The van der Waals surface area contributed by atoms with Gasteiger partial charge in [-0.3, -0.25) is 0 Å². The highest BCUT2D eigenvalue weighted by Crippen LogP contribution is 2.21. The standard InChI is InChI=1S/C15H13FN2O2/c1-9-18-13-7-11(3-5-15(13)20-9)17-8-10-2-4-14(19)12(16)6-10/h2-7,17,19H,8H2,1H3. The minimum Gasteiger partial charge on any atom is -0.505 e. The number of phenols is 1. The molecule has 0 unspecified atom stereocenters. The van der Waals surface area contributed by atoms with Gasteiger partial charge in [0.1, 0.15) is 5.52 Å². The van der Waals surface area contributed by atoms with Crippen LogP contribution in [0.2, 0.25) is 0 Å². The number of anilines is 1. The minimum atomic E-state index is -0.619. The van der Waals surface area contributed by atoms with Crippen molar-refractivity contribution in [1.29, 1.82) is 0 Å². The van der Waals surface area contributed by atoms with Gasteiger partial charge in [-0.05, 0) is 35.9 Å². The summed E-state index contributed by atoms with van der Waals surface area (Å²) >= 11 is 0. The van der Waals surface area contributed by atoms with Crippen molar-refractivity contribution in [2.45, 2.75) is 13.5 Å². The summed E-state index contributed by atoms with van der Waals surface area (Å²) in [4.78, 5) is 4.25. The number of fused-ring (bicyclic) bond motifs is 1. The lowest BCUT2D eigenvalue weighted by Crippen LogP contribution is -1.99. The Bertz CT molecular complexity index is 768. The number of oxazole rings is 1. The summed E-state index contributed by atoms with van der Waals surface area (Å²) in [5.41, 5.74) is 3.14. The van der Waals surface area contributed by atoms with Gasteiger partial charge in [-0.2, -0.15) is 0 Å². The third-order valence-corrected chi connectivity index (χ3v) is 3.00. The van der Waals surface area contributed by atoms with E-state index >= 15 is 0 Å². The molecule has 5 heteroatoms. The SMILES string of the molecule is Cc1nc2cc(NCc3ccc(O)c(F)c3)ccc2o1. The maximum Gasteiger partial charge on any atom is 0.192 e. The van der Waals surface area contributed by atoms with E-state index in [-0.39, 0.29) is 5.75 Å². The van der Waals surface area contributed by atoms with Crippen LogP contribution in [0.4, 0.5) is 10.1 Å². The largest absolute Gasteiger partial charge is 0.505 e. The van der Waals surface area contributed by atoms with Crippen LogP contribution in [-0.4, -0.2) is 10.1 Å². The van der Waals surface area contributed by atoms with Crippen molar-refractivity contribution >= 4 is 16.8 Å². The molecule has 1 aromatic heterocycles. The maximum atomic E-state index is 13.2. The van der Waals surface area contributed by atoms with E-state index in [1.165, 1.54) is 12.1 Å². The second-order valence-electron chi connectivity index (χ2n) is 4.55. The number of benzene rings is 2. The summed E-state index contributed by atoms with van der Waals surface area (Å²) in [6.45, 7) is 2.26. The molecule has 3 aromatic rings. The number of aromatic nitrogens is 1. The number of nitrogens with one attached hydrogen (secondary N) is 1. The van der Waals surface area contributed by atoms with Gasteiger partial charge < -0.3 is 14.8 Å². The van der Waals surface area contributed by atoms with E-state index in [2.05, 4.69) is 10.3 Å². The molecule has 0 fully saturated rings. The minimum absolute atomic E-state index is 0.340. The molecule has 2 N–H and O–H groups in total. The molecule has 0 atom stereocenters. The Morgan fingerprint density at radius 2 is 2.10 bits per heavy atom. The number of aryl methyl sites for hydroxylation is 1. The molecule has 0 aliphatic heterocycles. The first-order valence-electron chi connectivity index (χ1n) is 6.20. The van der Waals surface area contributed by atoms with Crippen LogP contribution in [0.5, 0.6) is 5.75 Å². The molecule has 2 aromatic carbocycles. The van der Waals surface area contributed by atoms with Gasteiger partial charge in [0.2, 0.25) is 0 Å². The molecule has 0 aliphatic carbocycles. The van der Waals surface area contributed by atoms with E-state index in [0.717, 1.165) is 22.4 Å². The first kappa shape index (κ1) is 12.5. The highest BCUT2D eigenvalue weighted by Gasteiger charge is 2.04. The maximum absolute atomic E-state index is 13.2. The number of hydrogen-bond donors (Lipinski definition) is 2. The van der Waals surface area contributed by atoms with Crippen molar-refractivity contribution in [2.24, 2.45) is 0 Å². The zero-order chi connectivity index (χ0) is 14.1. The Kier molecular flexibility index (Phi) is 3.02. The third-order valence-electron chi connectivity index (χ3n) is 3.00. The van der Waals surface area contributed by atoms with Gasteiger partial charge in [0, 0.05) is 19.2 Å². The third kappa shape index (κ3) is 2.42. The predicted octanol–water partition coefficient (Wildman–Crippen LogP) is 3.59. The van der Waals surface area contributed by atoms with Crippen molar-refractivity contribution in [3.05, 3.63) is 53.7 Å². The molecule has 0 saturated carbocycles. The number of nitrogens with zero attached hydrogens (tertiary/aromatic N) is 1. The van der Waals surface area contributed by atoms with Crippen LogP contribution < -0.4 is 5.32 Å². The lowest BCUT2D eigenvalue weighted by atomic mass is 10.2. The number of rotatable bonds is 3. The molecule has 102 valence electrons. The van der Waals surface area contributed by atoms with Gasteiger partial charge in [-0.25, -0.2) is 9.37 Å². The Morgan fingerprint density at radius 3 is 2.90 bits per heavy atom. The van der Waals surface area contributed by atoms with Crippen LogP contribution in [0.15, 0.2) is 40.8 Å². The number of hydrogen-bond acceptors (Lipinski definition) is 4. The Morgan fingerprint density at radius 1 is 1.25 bits per heavy atom. The number of halogens is 1. The van der Waals surface area contributed by atoms with Gasteiger partial charge in [0.25, 0.3) is 0 Å². The number of phenolic OH excluding ortho intramolecular Hbond substituents is 1. The molecule has 0 spiro atoms. The quantitative estimate of drug-likeness (QED) is 0.765. The molecule has 0 amide bonds. The van der Waals surface area contributed by atoms with Crippen LogP contribution in [-0.2, 0) is 6.54 Å². The van der Waals surface area contributed by atoms with Crippen LogP contribution in [0.3, 0.4) is 0 Å². The average molecular weight is 272 g/mol. The molecular weight excluding hydrogens is 259 g/mol. The average Bonchev–Trinajstić information content (AvgIpc) is 2.79. The van der Waals surface area contributed by atoms with Gasteiger partial charge in [0.15, 0.2) is 23.0 Å². The second-order valence-corrected chi connectivity index (χ2v) is 4.55. The van der Waals surface area contributed by atoms with Gasteiger partial charge >= 0.3 is 0 Å². The van der Waals surface area contributed by atoms with Crippen LogP contribution >= 0.6 is 0 Å². The van der Waals surface area contributed by atoms with Crippen LogP contribution in [0, 0.1) is 12.7 Å². The van der Waals surface area contributed by atoms with E-state index in [1.54, 1.807) is 13.0 Å². The smallest absolute Gasteiger partial charge is 0.192 e. The summed E-state index contributed by atoms with van der Waals surface area (Å²) in [6.07, 6.45) is 0. The van der Waals surface area contributed by atoms with Crippen molar-refractivity contribution in [2.75, 3.05) is 5.32 Å². The number of aromatic hydroxyl groups is 1. The lowest BCUT2D eigenvalue weighted by molar-refractivity contribution is 0.432. The fourth-order valence-electron chi connectivity index (χ4n) is 2.02. The van der Waals surface area contributed by atoms with Crippen molar-refractivity contribution in [3.8, 4) is 5.75 Å². The molecule has 4 nitrogen and oxygen atoms in total. The fraction of sp³-hybridized carbons (Fsp3) is 0.133. The molecule has 0 saturated heterocycles. The van der Waals surface area contributed by atoms with Gasteiger partial charge in [-0.15, -0.1) is 0 Å². The fourth-order valence-corrected chi connectivity index (χ4v) is 2.02. The van der Waals surface area contributed by atoms with E-state index in [9.17, 15) is 4.39 Å². The topological polar surface area (TPSA) is 58.3 Å². The van der Waals surface area contributed by atoms with Crippen molar-refractivity contribution in [3.63, 3.8) is 0 Å². The molecule has 20 heavy (non-hydrogen) atoms. The normalized spacial score (nSPS) is 10.9. The van der Waals surface area contributed by atoms with E-state index < -0.39 is 5.82 Å². The van der Waals surface area contributed by atoms with E-state index in [1.807, 2.05) is 18.2 Å². The zero-order valence-electron chi connectivity index (χ0n) is 10.9. The summed E-state index contributed by atoms with van der Waals surface area (Å²) in [5, 5.41) is 12.3. The monoisotopic (exact) mass is 272 g/mol. The van der Waals surface area contributed by atoms with Crippen LogP contribution in [0.25, 0.3) is 11.1 Å². The van der Waals surface area contributed by atoms with Crippen molar-refractivity contribution in [1.82, 2.24) is 4.98 Å². The molecular formula is C15H13FN2O2. The van der Waals surface area contributed by atoms with Crippen LogP contribution in [0.1, 0.15) is 11.5 Å². The summed E-state index contributed by atoms with van der Waals surface area (Å²) in [5.74, 6) is -0.335. The molecule has 1 heterocycles. The summed E-state index contributed by atoms with van der Waals surface area (Å²) < 4.78 is 18.6. The highest BCUT2D eigenvalue weighted by molar-refractivity contribution is 5.77. The summed E-state index contributed by atoms with van der Waals surface area (Å²) in [6, 6.07) is 9.92.